The summed E-state index contributed by atoms with van der Waals surface area (Å²) in [5.74, 6) is 0.458. The van der Waals surface area contributed by atoms with Gasteiger partial charge >= 0.3 is 0 Å². The standard InChI is InChI=1S/C50H57ClN10O6S2/c1-27(2)43(49(65)60-25-37(62)21-39(60)48(64)52-23-32-7-9-34(10-8-32)46-29(4)53-26-68-46)40-22-42(58-67-40)66-20-19-59-18-17-36(24-59)54-41(63)16-15-38-47-57-56-31(6)61(47)50-44(28(3)30(5)69-50)45(55-38)33-11-13-35(51)14-12-33/h7-14,22,26-27,36-39,43,62H,15-21,23-25H2,1-6H3,(H,52,64)(H,54,63)/t36-,37+,38-,39-,43?/m0/s1. The highest BCUT2D eigenvalue weighted by molar-refractivity contribution is 7.15. The first kappa shape index (κ1) is 48.2. The Morgan fingerprint density at radius 3 is 2.52 bits per heavy atom. The maximum absolute atomic E-state index is 14.2. The summed E-state index contributed by atoms with van der Waals surface area (Å²) in [6.07, 6.45) is 0.838. The van der Waals surface area contributed by atoms with Crippen molar-refractivity contribution in [3.05, 3.63) is 115 Å². The van der Waals surface area contributed by atoms with Gasteiger partial charge in [-0.1, -0.05) is 61.8 Å². The van der Waals surface area contributed by atoms with Crippen LogP contribution in [0.4, 0.5) is 0 Å². The molecule has 2 saturated heterocycles. The van der Waals surface area contributed by atoms with E-state index in [9.17, 15) is 19.5 Å². The van der Waals surface area contributed by atoms with Gasteiger partial charge in [0.15, 0.2) is 11.6 Å². The van der Waals surface area contributed by atoms with Crippen LogP contribution in [0.5, 0.6) is 5.88 Å². The number of nitrogens with zero attached hydrogens (tertiary/aromatic N) is 8. The first-order valence-electron chi connectivity index (χ1n) is 23.5. The smallest absolute Gasteiger partial charge is 0.254 e. The van der Waals surface area contributed by atoms with E-state index in [-0.39, 0.29) is 67.5 Å². The normalized spacial score (nSPS) is 19.6. The van der Waals surface area contributed by atoms with Crippen LogP contribution in [0.2, 0.25) is 5.02 Å². The number of rotatable bonds is 16. The molecule has 9 rings (SSSR count). The van der Waals surface area contributed by atoms with Gasteiger partial charge in [0.1, 0.15) is 35.4 Å². The number of aryl methyl sites for hydroxylation is 3. The summed E-state index contributed by atoms with van der Waals surface area (Å²) >= 11 is 9.56. The fraction of sp³-hybridized carbons (Fsp3) is 0.440. The molecule has 2 aromatic carbocycles. The molecule has 19 heteroatoms. The average Bonchev–Trinajstić information content (AvgIpc) is 4.21. The number of carbonyl (C=O) groups is 3. The van der Waals surface area contributed by atoms with Crippen molar-refractivity contribution in [2.75, 3.05) is 32.8 Å². The second kappa shape index (κ2) is 20.7. The quantitative estimate of drug-likeness (QED) is 0.0882. The average molecular weight is 994 g/mol. The van der Waals surface area contributed by atoms with Gasteiger partial charge in [-0.15, -0.1) is 32.9 Å². The molecule has 3 amide bonds. The Hall–Kier alpha value is -5.79. The SMILES string of the molecule is Cc1ncsc1-c1ccc(CNC(=O)[C@@H]2C[C@@H](O)CN2C(=O)C(c2cc(OCCN3CC[C@H](NC(=O)CC[C@@H]4N=C(c5ccc(Cl)cc5)c5c(sc(C)c5C)-n5c(C)nnc54)C3)no2)C(C)C)cc1. The maximum Gasteiger partial charge on any atom is 0.254 e. The molecule has 0 spiro atoms. The summed E-state index contributed by atoms with van der Waals surface area (Å²) in [6.45, 7) is 14.7. The third-order valence-corrected chi connectivity index (χ3v) is 15.8. The van der Waals surface area contributed by atoms with Crippen LogP contribution >= 0.6 is 34.3 Å². The van der Waals surface area contributed by atoms with E-state index in [1.807, 2.05) is 81.7 Å². The van der Waals surface area contributed by atoms with Gasteiger partial charge in [0.05, 0.1) is 27.9 Å². The summed E-state index contributed by atoms with van der Waals surface area (Å²) in [5, 5.41) is 31.7. The first-order valence-corrected chi connectivity index (χ1v) is 25.5. The molecule has 6 aromatic rings. The molecule has 0 aliphatic carbocycles. The molecule has 1 unspecified atom stereocenters. The van der Waals surface area contributed by atoms with E-state index in [0.717, 1.165) is 73.7 Å². The molecule has 5 atom stereocenters. The highest BCUT2D eigenvalue weighted by Crippen LogP contribution is 2.40. The topological polar surface area (TPSA) is 193 Å². The zero-order valence-electron chi connectivity index (χ0n) is 39.6. The first-order chi connectivity index (χ1) is 33.2. The minimum absolute atomic E-state index is 0.0137. The van der Waals surface area contributed by atoms with Crippen molar-refractivity contribution in [2.45, 2.75) is 104 Å². The number of ether oxygens (including phenoxy) is 1. The number of halogens is 1. The molecule has 0 saturated carbocycles. The number of β-amino-alcohol motifs (C(OH)–C–C–N with tert-alkyl or cyclic N) is 1. The molecule has 0 radical (unpaired) electrons. The molecule has 3 aliphatic rings. The zero-order chi connectivity index (χ0) is 48.5. The summed E-state index contributed by atoms with van der Waals surface area (Å²) < 4.78 is 13.8. The number of fused-ring (bicyclic) bond motifs is 3. The molecular weight excluding hydrogens is 936 g/mol. The zero-order valence-corrected chi connectivity index (χ0v) is 42.0. The Morgan fingerprint density at radius 2 is 1.78 bits per heavy atom. The van der Waals surface area contributed by atoms with Crippen molar-refractivity contribution in [1.29, 1.82) is 0 Å². The summed E-state index contributed by atoms with van der Waals surface area (Å²) in [5.41, 5.74) is 8.80. The van der Waals surface area contributed by atoms with Crippen molar-refractivity contribution in [3.8, 4) is 21.3 Å². The molecule has 4 aromatic heterocycles. The predicted molar refractivity (Wildman–Crippen MR) is 265 cm³/mol. The van der Waals surface area contributed by atoms with Gasteiger partial charge in [0.2, 0.25) is 17.7 Å². The largest absolute Gasteiger partial charge is 0.474 e. The number of hydrogen-bond acceptors (Lipinski definition) is 14. The highest BCUT2D eigenvalue weighted by atomic mass is 35.5. The molecule has 3 aliphatic heterocycles. The molecular formula is C50H57ClN10O6S2. The Kier molecular flexibility index (Phi) is 14.4. The van der Waals surface area contributed by atoms with Crippen molar-refractivity contribution >= 4 is 57.7 Å². The lowest BCUT2D eigenvalue weighted by Crippen LogP contribution is -2.48. The second-order valence-electron chi connectivity index (χ2n) is 18.5. The fourth-order valence-corrected chi connectivity index (χ4v) is 11.7. The van der Waals surface area contributed by atoms with E-state index in [0.29, 0.717) is 36.9 Å². The lowest BCUT2D eigenvalue weighted by atomic mass is 9.91. The van der Waals surface area contributed by atoms with Crippen LogP contribution < -0.4 is 15.4 Å². The van der Waals surface area contributed by atoms with Crippen molar-refractivity contribution in [1.82, 2.24) is 45.3 Å². The third kappa shape index (κ3) is 10.4. The van der Waals surface area contributed by atoms with Crippen molar-refractivity contribution < 1.29 is 28.8 Å². The van der Waals surface area contributed by atoms with Gasteiger partial charge in [-0.3, -0.25) is 28.8 Å². The minimum atomic E-state index is -0.833. The number of aliphatic hydroxyl groups excluding tert-OH is 1. The number of thiazole rings is 1. The van der Waals surface area contributed by atoms with Gasteiger partial charge < -0.3 is 29.9 Å². The number of carbonyl (C=O) groups excluding carboxylic acids is 3. The number of aliphatic hydroxyl groups is 1. The summed E-state index contributed by atoms with van der Waals surface area (Å²) in [4.78, 5) is 56.8. The molecule has 7 heterocycles. The number of hydrogen-bond donors (Lipinski definition) is 3. The van der Waals surface area contributed by atoms with E-state index in [1.54, 1.807) is 28.7 Å². The number of thiophene rings is 1. The van der Waals surface area contributed by atoms with Gasteiger partial charge in [-0.25, -0.2) is 4.98 Å². The van der Waals surface area contributed by atoms with E-state index >= 15 is 0 Å². The van der Waals surface area contributed by atoms with Crippen LogP contribution in [0.15, 0.2) is 69.6 Å². The second-order valence-corrected chi connectivity index (χ2v) is 21.0. The van der Waals surface area contributed by atoms with E-state index in [4.69, 9.17) is 25.9 Å². The Bertz CT molecular complexity index is 2850. The predicted octanol–water partition coefficient (Wildman–Crippen LogP) is 7.29. The molecule has 2 fully saturated rings. The van der Waals surface area contributed by atoms with E-state index in [1.165, 1.54) is 9.78 Å². The Morgan fingerprint density at radius 1 is 1.01 bits per heavy atom. The van der Waals surface area contributed by atoms with Gasteiger partial charge in [-0.2, -0.15) is 0 Å². The Labute approximate surface area is 414 Å². The molecule has 69 heavy (non-hydrogen) atoms. The lowest BCUT2D eigenvalue weighted by molar-refractivity contribution is -0.141. The molecule has 16 nitrogen and oxygen atoms in total. The third-order valence-electron chi connectivity index (χ3n) is 13.3. The number of benzene rings is 2. The lowest BCUT2D eigenvalue weighted by Gasteiger charge is -2.28. The number of likely N-dealkylation sites (tertiary alicyclic amines) is 2. The number of nitrogens with one attached hydrogen (secondary N) is 2. The van der Waals surface area contributed by atoms with E-state index in [2.05, 4.69) is 54.3 Å². The number of aliphatic imine (C=N–C) groups is 1. The summed E-state index contributed by atoms with van der Waals surface area (Å²) in [6, 6.07) is 16.1. The van der Waals surface area contributed by atoms with Crippen LogP contribution in [0, 0.1) is 33.6 Å². The highest BCUT2D eigenvalue weighted by Gasteiger charge is 2.43. The van der Waals surface area contributed by atoms with Crippen LogP contribution in [-0.4, -0.2) is 114 Å². The monoisotopic (exact) mass is 992 g/mol. The number of amides is 3. The van der Waals surface area contributed by atoms with Crippen LogP contribution in [0.25, 0.3) is 15.4 Å². The molecule has 362 valence electrons. The van der Waals surface area contributed by atoms with Gasteiger partial charge in [-0.05, 0) is 80.4 Å². The minimum Gasteiger partial charge on any atom is -0.474 e. The van der Waals surface area contributed by atoms with Crippen molar-refractivity contribution in [3.63, 3.8) is 0 Å². The fourth-order valence-electron chi connectivity index (χ4n) is 9.56. The Balaban J connectivity index is 0.757. The van der Waals surface area contributed by atoms with Crippen molar-refractivity contribution in [2.24, 2.45) is 10.9 Å². The molecule has 0 bridgehead atoms. The van der Waals surface area contributed by atoms with Gasteiger partial charge in [0.25, 0.3) is 5.88 Å². The molecule has 3 N–H and O–H groups in total. The van der Waals surface area contributed by atoms with E-state index < -0.39 is 18.1 Å². The van der Waals surface area contributed by atoms with Crippen LogP contribution in [0.1, 0.15) is 102 Å². The van der Waals surface area contributed by atoms with Gasteiger partial charge in [0, 0.05) is 78.7 Å². The summed E-state index contributed by atoms with van der Waals surface area (Å²) in [7, 11) is 0. The number of aromatic nitrogens is 5. The van der Waals surface area contributed by atoms with Crippen LogP contribution in [0.3, 0.4) is 0 Å². The maximum atomic E-state index is 14.2. The van der Waals surface area contributed by atoms with Crippen LogP contribution in [-0.2, 0) is 20.9 Å².